The summed E-state index contributed by atoms with van der Waals surface area (Å²) >= 11 is 0. The fraction of sp³-hybridized carbons (Fsp3) is 0.769. The van der Waals surface area contributed by atoms with Gasteiger partial charge in [-0.2, -0.15) is 0 Å². The van der Waals surface area contributed by atoms with Crippen LogP contribution in [0.1, 0.15) is 47.0 Å². The highest BCUT2D eigenvalue weighted by Gasteiger charge is 2.29. The zero-order chi connectivity index (χ0) is 15.1. The van der Waals surface area contributed by atoms with E-state index in [0.717, 1.165) is 0 Å². The van der Waals surface area contributed by atoms with Crippen LogP contribution in [0.3, 0.4) is 0 Å². The van der Waals surface area contributed by atoms with Gasteiger partial charge in [-0.25, -0.2) is 0 Å². The van der Waals surface area contributed by atoms with Gasteiger partial charge in [0.2, 0.25) is 0 Å². The first-order chi connectivity index (χ1) is 8.70. The number of ketones is 2. The van der Waals surface area contributed by atoms with E-state index >= 15 is 0 Å². The fourth-order valence-electron chi connectivity index (χ4n) is 1.63. The molecule has 0 fully saturated rings. The standard InChI is InChI=1S/C13H26N4O2/c1-5-11(19)10(7-6-8-16-12(14)15)17-13(3,4)9(2)18/h10,17H,5-8H2,1-4H3,(H4,14,15,16). The largest absolute Gasteiger partial charge is 0.370 e. The summed E-state index contributed by atoms with van der Waals surface area (Å²) in [6, 6.07) is -0.336. The minimum absolute atomic E-state index is 0.00302. The molecule has 0 aromatic heterocycles. The third kappa shape index (κ3) is 6.91. The summed E-state index contributed by atoms with van der Waals surface area (Å²) in [5.74, 6) is 0.0239. The Balaban J connectivity index is 4.44. The van der Waals surface area contributed by atoms with Crippen LogP contribution in [0.25, 0.3) is 0 Å². The summed E-state index contributed by atoms with van der Waals surface area (Å²) in [5.41, 5.74) is 4.48. The number of Topliss-reactive ketones (excluding diaryl/α,β-unsaturated/α-hetero) is 2. The molecule has 0 rings (SSSR count). The molecule has 0 heterocycles. The van der Waals surface area contributed by atoms with Crippen LogP contribution in [0.15, 0.2) is 0 Å². The van der Waals surface area contributed by atoms with Gasteiger partial charge in [0.05, 0.1) is 11.6 Å². The van der Waals surface area contributed by atoms with Crippen LogP contribution < -0.4 is 16.4 Å². The summed E-state index contributed by atoms with van der Waals surface area (Å²) < 4.78 is 0. The lowest BCUT2D eigenvalue weighted by Crippen LogP contribution is -2.53. The molecule has 6 heteroatoms. The Hall–Kier alpha value is -1.43. The first-order valence-corrected chi connectivity index (χ1v) is 6.60. The minimum atomic E-state index is -0.705. The first-order valence-electron chi connectivity index (χ1n) is 6.60. The van der Waals surface area contributed by atoms with Gasteiger partial charge < -0.3 is 11.1 Å². The van der Waals surface area contributed by atoms with Crippen molar-refractivity contribution >= 4 is 17.5 Å². The summed E-state index contributed by atoms with van der Waals surface area (Å²) in [4.78, 5) is 23.4. The maximum Gasteiger partial charge on any atom is 0.185 e. The molecule has 0 aromatic rings. The van der Waals surface area contributed by atoms with Crippen LogP contribution >= 0.6 is 0 Å². The number of rotatable bonds is 9. The van der Waals surface area contributed by atoms with Crippen molar-refractivity contribution in [3.8, 4) is 0 Å². The number of nitrogens with two attached hydrogens (primary N) is 1. The van der Waals surface area contributed by atoms with Gasteiger partial charge in [-0.15, -0.1) is 0 Å². The van der Waals surface area contributed by atoms with Gasteiger partial charge in [0.1, 0.15) is 11.6 Å². The number of nitrogens with one attached hydrogen (secondary N) is 3. The molecule has 0 aliphatic carbocycles. The molecular formula is C13H26N4O2. The van der Waals surface area contributed by atoms with Gasteiger partial charge in [-0.1, -0.05) is 6.92 Å². The van der Waals surface area contributed by atoms with Crippen molar-refractivity contribution in [1.82, 2.24) is 10.6 Å². The molecule has 0 radical (unpaired) electrons. The quantitative estimate of drug-likeness (QED) is 0.278. The molecule has 1 atom stereocenters. The predicted molar refractivity (Wildman–Crippen MR) is 76.1 cm³/mol. The van der Waals surface area contributed by atoms with Crippen molar-refractivity contribution in [2.24, 2.45) is 5.73 Å². The summed E-state index contributed by atoms with van der Waals surface area (Å²) in [6.45, 7) is 7.42. The molecule has 5 N–H and O–H groups in total. The second-order valence-electron chi connectivity index (χ2n) is 5.18. The van der Waals surface area contributed by atoms with Crippen LogP contribution in [0, 0.1) is 5.41 Å². The summed E-state index contributed by atoms with van der Waals surface area (Å²) in [7, 11) is 0. The molecule has 0 aliphatic rings. The van der Waals surface area contributed by atoms with Crippen molar-refractivity contribution in [2.75, 3.05) is 6.54 Å². The van der Waals surface area contributed by atoms with E-state index in [1.54, 1.807) is 13.8 Å². The van der Waals surface area contributed by atoms with Gasteiger partial charge >= 0.3 is 0 Å². The van der Waals surface area contributed by atoms with E-state index in [0.29, 0.717) is 25.8 Å². The Bertz CT molecular complexity index is 340. The van der Waals surface area contributed by atoms with E-state index in [2.05, 4.69) is 10.6 Å². The van der Waals surface area contributed by atoms with E-state index in [1.807, 2.05) is 6.92 Å². The number of guanidine groups is 1. The zero-order valence-corrected chi connectivity index (χ0v) is 12.3. The van der Waals surface area contributed by atoms with Crippen LogP contribution in [0.2, 0.25) is 0 Å². The highest BCUT2D eigenvalue weighted by molar-refractivity contribution is 5.88. The minimum Gasteiger partial charge on any atom is -0.370 e. The van der Waals surface area contributed by atoms with Crippen LogP contribution in [-0.2, 0) is 9.59 Å². The molecule has 0 saturated carbocycles. The van der Waals surface area contributed by atoms with E-state index in [-0.39, 0.29) is 23.6 Å². The van der Waals surface area contributed by atoms with Gasteiger partial charge in [0.25, 0.3) is 0 Å². The number of hydrogen-bond donors (Lipinski definition) is 4. The summed E-state index contributed by atoms with van der Waals surface area (Å²) in [6.07, 6.45) is 1.76. The smallest absolute Gasteiger partial charge is 0.185 e. The Labute approximate surface area is 115 Å². The van der Waals surface area contributed by atoms with E-state index in [9.17, 15) is 9.59 Å². The van der Waals surface area contributed by atoms with Crippen molar-refractivity contribution in [3.05, 3.63) is 0 Å². The van der Waals surface area contributed by atoms with Crippen molar-refractivity contribution in [2.45, 2.75) is 58.5 Å². The molecule has 0 aromatic carbocycles. The normalized spacial score (nSPS) is 12.8. The van der Waals surface area contributed by atoms with Gasteiger partial charge in [-0.3, -0.25) is 20.3 Å². The molecule has 6 nitrogen and oxygen atoms in total. The zero-order valence-electron chi connectivity index (χ0n) is 12.3. The second kappa shape index (κ2) is 7.89. The van der Waals surface area contributed by atoms with Gasteiger partial charge in [0.15, 0.2) is 5.96 Å². The monoisotopic (exact) mass is 270 g/mol. The van der Waals surface area contributed by atoms with Gasteiger partial charge in [-0.05, 0) is 33.6 Å². The average molecular weight is 270 g/mol. The Morgan fingerprint density at radius 2 is 1.95 bits per heavy atom. The molecule has 110 valence electrons. The first kappa shape index (κ1) is 17.6. The van der Waals surface area contributed by atoms with E-state index in [4.69, 9.17) is 11.1 Å². The maximum atomic E-state index is 11.9. The Kier molecular flexibility index (Phi) is 7.29. The molecular weight excluding hydrogens is 244 g/mol. The molecule has 0 saturated heterocycles. The third-order valence-electron chi connectivity index (χ3n) is 3.14. The second-order valence-corrected chi connectivity index (χ2v) is 5.18. The van der Waals surface area contributed by atoms with Crippen LogP contribution in [-0.4, -0.2) is 35.7 Å². The van der Waals surface area contributed by atoms with Crippen molar-refractivity contribution < 1.29 is 9.59 Å². The Morgan fingerprint density at radius 1 is 1.37 bits per heavy atom. The fourth-order valence-corrected chi connectivity index (χ4v) is 1.63. The molecule has 1 unspecified atom stereocenters. The lowest BCUT2D eigenvalue weighted by molar-refractivity contribution is -0.125. The predicted octanol–water partition coefficient (Wildman–Crippen LogP) is 0.555. The maximum absolute atomic E-state index is 11.9. The average Bonchev–Trinajstić information content (AvgIpc) is 2.31. The lowest BCUT2D eigenvalue weighted by atomic mass is 9.95. The van der Waals surface area contributed by atoms with E-state index in [1.165, 1.54) is 6.92 Å². The lowest BCUT2D eigenvalue weighted by Gasteiger charge is -2.29. The third-order valence-corrected chi connectivity index (χ3v) is 3.14. The van der Waals surface area contributed by atoms with E-state index < -0.39 is 5.54 Å². The number of carbonyl (C=O) groups is 2. The number of hydrogen-bond acceptors (Lipinski definition) is 4. The summed E-state index contributed by atoms with van der Waals surface area (Å²) in [5, 5.41) is 12.9. The van der Waals surface area contributed by atoms with Crippen molar-refractivity contribution in [1.29, 1.82) is 5.41 Å². The van der Waals surface area contributed by atoms with Crippen molar-refractivity contribution in [3.63, 3.8) is 0 Å². The van der Waals surface area contributed by atoms with Crippen LogP contribution in [0.4, 0.5) is 0 Å². The SMILES string of the molecule is CCC(=O)C(CCCNC(=N)N)NC(C)(C)C(C)=O. The molecule has 0 amide bonds. The Morgan fingerprint density at radius 3 is 2.37 bits per heavy atom. The topological polar surface area (TPSA) is 108 Å². The highest BCUT2D eigenvalue weighted by Crippen LogP contribution is 2.10. The highest BCUT2D eigenvalue weighted by atomic mass is 16.1. The molecule has 0 aliphatic heterocycles. The molecule has 19 heavy (non-hydrogen) atoms. The molecule has 0 bridgehead atoms. The number of carbonyl (C=O) groups excluding carboxylic acids is 2. The van der Waals surface area contributed by atoms with Crippen LogP contribution in [0.5, 0.6) is 0 Å². The van der Waals surface area contributed by atoms with Gasteiger partial charge in [0, 0.05) is 13.0 Å². The molecule has 0 spiro atoms.